The Bertz CT molecular complexity index is 611. The molecular formula is C22H38N4O2. The minimum atomic E-state index is 0.528. The molecule has 0 radical (unpaired) electrons. The zero-order chi connectivity index (χ0) is 20.4. The smallest absolute Gasteiger partial charge is 0.188 e. The highest BCUT2D eigenvalue weighted by Gasteiger charge is 2.20. The van der Waals surface area contributed by atoms with Crippen LogP contribution in [-0.2, 0) is 6.42 Å². The van der Waals surface area contributed by atoms with Crippen LogP contribution in [0.4, 0.5) is 0 Å². The SMILES string of the molecule is COc1ccc(CCNC(N)=NCCCCN2CC(C)CC(C)C2)cc1OC. The summed E-state index contributed by atoms with van der Waals surface area (Å²) in [5.74, 6) is 3.67. The fraction of sp³-hybridized carbons (Fsp3) is 0.682. The molecule has 2 atom stereocenters. The maximum atomic E-state index is 5.98. The van der Waals surface area contributed by atoms with Crippen molar-refractivity contribution in [1.82, 2.24) is 10.2 Å². The molecule has 0 spiro atoms. The van der Waals surface area contributed by atoms with Gasteiger partial charge in [0.1, 0.15) is 0 Å². The number of guanidine groups is 1. The molecule has 0 aliphatic carbocycles. The van der Waals surface area contributed by atoms with E-state index in [1.54, 1.807) is 14.2 Å². The van der Waals surface area contributed by atoms with Gasteiger partial charge in [0.15, 0.2) is 17.5 Å². The fourth-order valence-electron chi connectivity index (χ4n) is 4.05. The highest BCUT2D eigenvalue weighted by atomic mass is 16.5. The second-order valence-corrected chi connectivity index (χ2v) is 8.05. The Kier molecular flexibility index (Phi) is 9.41. The van der Waals surface area contributed by atoms with Gasteiger partial charge in [-0.05, 0) is 61.8 Å². The molecule has 6 nitrogen and oxygen atoms in total. The highest BCUT2D eigenvalue weighted by molar-refractivity contribution is 5.77. The Morgan fingerprint density at radius 1 is 1.14 bits per heavy atom. The van der Waals surface area contributed by atoms with E-state index < -0.39 is 0 Å². The van der Waals surface area contributed by atoms with Crippen LogP contribution < -0.4 is 20.5 Å². The lowest BCUT2D eigenvalue weighted by molar-refractivity contribution is 0.139. The molecule has 6 heteroatoms. The van der Waals surface area contributed by atoms with Gasteiger partial charge in [0.05, 0.1) is 14.2 Å². The van der Waals surface area contributed by atoms with Crippen LogP contribution in [0.25, 0.3) is 0 Å². The lowest BCUT2D eigenvalue weighted by atomic mass is 9.92. The summed E-state index contributed by atoms with van der Waals surface area (Å²) in [5.41, 5.74) is 7.15. The van der Waals surface area contributed by atoms with Crippen molar-refractivity contribution in [2.45, 2.75) is 39.5 Å². The number of hydrogen-bond acceptors (Lipinski definition) is 4. The van der Waals surface area contributed by atoms with Crippen molar-refractivity contribution >= 4 is 5.96 Å². The zero-order valence-corrected chi connectivity index (χ0v) is 18.0. The van der Waals surface area contributed by atoms with Crippen LogP contribution >= 0.6 is 0 Å². The molecular weight excluding hydrogens is 352 g/mol. The van der Waals surface area contributed by atoms with E-state index in [9.17, 15) is 0 Å². The summed E-state index contributed by atoms with van der Waals surface area (Å²) < 4.78 is 10.6. The third-order valence-corrected chi connectivity index (χ3v) is 5.28. The number of benzene rings is 1. The number of nitrogens with zero attached hydrogens (tertiary/aromatic N) is 2. The molecule has 1 fully saturated rings. The van der Waals surface area contributed by atoms with Crippen molar-refractivity contribution in [1.29, 1.82) is 0 Å². The van der Waals surface area contributed by atoms with E-state index in [2.05, 4.69) is 29.1 Å². The van der Waals surface area contributed by atoms with Gasteiger partial charge in [0, 0.05) is 26.2 Å². The van der Waals surface area contributed by atoms with Gasteiger partial charge in [-0.2, -0.15) is 0 Å². The first-order chi connectivity index (χ1) is 13.5. The number of unbranched alkanes of at least 4 members (excludes halogenated alkanes) is 1. The van der Waals surface area contributed by atoms with Gasteiger partial charge >= 0.3 is 0 Å². The Balaban J connectivity index is 1.61. The molecule has 0 aromatic heterocycles. The number of ether oxygens (including phenoxy) is 2. The average molecular weight is 391 g/mol. The Morgan fingerprint density at radius 3 is 2.54 bits per heavy atom. The van der Waals surface area contributed by atoms with Crippen LogP contribution in [0.3, 0.4) is 0 Å². The van der Waals surface area contributed by atoms with Crippen LogP contribution in [0, 0.1) is 11.8 Å². The Morgan fingerprint density at radius 2 is 1.86 bits per heavy atom. The number of nitrogens with one attached hydrogen (secondary N) is 1. The van der Waals surface area contributed by atoms with Gasteiger partial charge < -0.3 is 25.4 Å². The van der Waals surface area contributed by atoms with E-state index in [1.165, 1.54) is 38.0 Å². The van der Waals surface area contributed by atoms with E-state index in [1.807, 2.05) is 18.2 Å². The summed E-state index contributed by atoms with van der Waals surface area (Å²) in [4.78, 5) is 7.05. The first-order valence-electron chi connectivity index (χ1n) is 10.5. The maximum absolute atomic E-state index is 5.98. The highest BCUT2D eigenvalue weighted by Crippen LogP contribution is 2.27. The molecule has 1 aliphatic heterocycles. The minimum Gasteiger partial charge on any atom is -0.493 e. The first kappa shape index (κ1) is 22.3. The summed E-state index contributed by atoms with van der Waals surface area (Å²) in [6, 6.07) is 5.96. The predicted molar refractivity (Wildman–Crippen MR) is 116 cm³/mol. The minimum absolute atomic E-state index is 0.528. The third-order valence-electron chi connectivity index (χ3n) is 5.28. The normalized spacial score (nSPS) is 20.8. The van der Waals surface area contributed by atoms with Gasteiger partial charge in [0.25, 0.3) is 0 Å². The number of likely N-dealkylation sites (tertiary alicyclic amines) is 1. The molecule has 0 bridgehead atoms. The van der Waals surface area contributed by atoms with E-state index in [0.717, 1.165) is 49.3 Å². The van der Waals surface area contributed by atoms with Crippen molar-refractivity contribution in [2.75, 3.05) is 46.9 Å². The monoisotopic (exact) mass is 390 g/mol. The number of hydrogen-bond donors (Lipinski definition) is 2. The van der Waals surface area contributed by atoms with Crippen molar-refractivity contribution in [3.8, 4) is 11.5 Å². The van der Waals surface area contributed by atoms with E-state index >= 15 is 0 Å². The fourth-order valence-corrected chi connectivity index (χ4v) is 4.05. The Hall–Kier alpha value is -1.95. The topological polar surface area (TPSA) is 72.1 Å². The molecule has 1 heterocycles. The summed E-state index contributed by atoms with van der Waals surface area (Å²) >= 11 is 0. The summed E-state index contributed by atoms with van der Waals surface area (Å²) in [6.07, 6.45) is 4.48. The van der Waals surface area contributed by atoms with Gasteiger partial charge in [-0.3, -0.25) is 4.99 Å². The maximum Gasteiger partial charge on any atom is 0.188 e. The number of methoxy groups -OCH3 is 2. The van der Waals surface area contributed by atoms with Crippen LogP contribution in [-0.4, -0.2) is 57.8 Å². The molecule has 3 N–H and O–H groups in total. The molecule has 1 aromatic carbocycles. The molecule has 2 rings (SSSR count). The van der Waals surface area contributed by atoms with Crippen LogP contribution in [0.2, 0.25) is 0 Å². The van der Waals surface area contributed by atoms with Crippen molar-refractivity contribution in [3.63, 3.8) is 0 Å². The van der Waals surface area contributed by atoms with Crippen LogP contribution in [0.15, 0.2) is 23.2 Å². The molecule has 0 amide bonds. The average Bonchev–Trinajstić information content (AvgIpc) is 2.66. The van der Waals surface area contributed by atoms with E-state index in [0.29, 0.717) is 5.96 Å². The Labute approximate surface area is 170 Å². The molecule has 0 saturated carbocycles. The van der Waals surface area contributed by atoms with Crippen LogP contribution in [0.5, 0.6) is 11.5 Å². The number of piperidine rings is 1. The van der Waals surface area contributed by atoms with Crippen molar-refractivity contribution < 1.29 is 9.47 Å². The molecule has 2 unspecified atom stereocenters. The van der Waals surface area contributed by atoms with Gasteiger partial charge in [0.2, 0.25) is 0 Å². The molecule has 1 aliphatic rings. The second-order valence-electron chi connectivity index (χ2n) is 8.05. The van der Waals surface area contributed by atoms with Gasteiger partial charge in [-0.15, -0.1) is 0 Å². The van der Waals surface area contributed by atoms with E-state index in [-0.39, 0.29) is 0 Å². The van der Waals surface area contributed by atoms with Gasteiger partial charge in [-0.25, -0.2) is 0 Å². The molecule has 158 valence electrons. The first-order valence-corrected chi connectivity index (χ1v) is 10.5. The standard InChI is InChI=1S/C22H38N4O2/c1-17-13-18(2)16-26(15-17)12-6-5-10-24-22(23)25-11-9-19-7-8-20(27-3)21(14-19)28-4/h7-8,14,17-18H,5-6,9-13,15-16H2,1-4H3,(H3,23,24,25). The van der Waals surface area contributed by atoms with Crippen molar-refractivity contribution in [2.24, 2.45) is 22.6 Å². The third kappa shape index (κ3) is 7.58. The largest absolute Gasteiger partial charge is 0.493 e. The molecule has 1 aromatic rings. The lowest BCUT2D eigenvalue weighted by Gasteiger charge is -2.34. The van der Waals surface area contributed by atoms with Gasteiger partial charge in [-0.1, -0.05) is 19.9 Å². The number of aliphatic imine (C=N–C) groups is 1. The van der Waals surface area contributed by atoms with E-state index in [4.69, 9.17) is 15.2 Å². The molecule has 28 heavy (non-hydrogen) atoms. The van der Waals surface area contributed by atoms with Crippen molar-refractivity contribution in [3.05, 3.63) is 23.8 Å². The number of rotatable bonds is 10. The number of nitrogens with two attached hydrogens (primary N) is 1. The lowest BCUT2D eigenvalue weighted by Crippen LogP contribution is -2.39. The summed E-state index contributed by atoms with van der Waals surface area (Å²) in [5, 5.41) is 3.19. The summed E-state index contributed by atoms with van der Waals surface area (Å²) in [6.45, 7) is 9.92. The second kappa shape index (κ2) is 11.8. The molecule has 1 saturated heterocycles. The predicted octanol–water partition coefficient (Wildman–Crippen LogP) is 2.91. The zero-order valence-electron chi connectivity index (χ0n) is 18.0. The summed E-state index contributed by atoms with van der Waals surface area (Å²) in [7, 11) is 3.29. The quantitative estimate of drug-likeness (QED) is 0.365. The van der Waals surface area contributed by atoms with Crippen LogP contribution in [0.1, 0.15) is 38.7 Å².